The summed E-state index contributed by atoms with van der Waals surface area (Å²) in [6.45, 7) is 5.73. The van der Waals surface area contributed by atoms with Crippen LogP contribution in [0.25, 0.3) is 10.9 Å². The minimum atomic E-state index is -0.555. The third-order valence-electron chi connectivity index (χ3n) is 7.25. The van der Waals surface area contributed by atoms with Crippen molar-refractivity contribution in [1.29, 1.82) is 5.26 Å². The van der Waals surface area contributed by atoms with E-state index in [1.807, 2.05) is 32.0 Å². The van der Waals surface area contributed by atoms with Crippen LogP contribution in [0.4, 0.5) is 4.79 Å². The van der Waals surface area contributed by atoms with Crippen molar-refractivity contribution in [2.75, 3.05) is 52.5 Å². The number of aromatic nitrogens is 1. The molecule has 1 atom stereocenters. The summed E-state index contributed by atoms with van der Waals surface area (Å²) in [5, 5.41) is 12.6. The van der Waals surface area contributed by atoms with E-state index in [0.29, 0.717) is 62.4 Å². The summed E-state index contributed by atoms with van der Waals surface area (Å²) in [6, 6.07) is 8.66. The van der Waals surface area contributed by atoms with Gasteiger partial charge in [-0.05, 0) is 43.9 Å². The fourth-order valence-electron chi connectivity index (χ4n) is 4.86. The second-order valence-corrected chi connectivity index (χ2v) is 10.2. The molecule has 2 aliphatic rings. The van der Waals surface area contributed by atoms with Gasteiger partial charge >= 0.3 is 6.09 Å². The second-order valence-electron chi connectivity index (χ2n) is 10.2. The number of nitriles is 1. The van der Waals surface area contributed by atoms with Crippen LogP contribution in [-0.4, -0.2) is 102 Å². The number of unbranched alkanes of at least 4 members (excludes halogenated alkanes) is 1. The number of aryl methyl sites for hydroxylation is 1. The first-order valence-corrected chi connectivity index (χ1v) is 14.0. The number of rotatable bonds is 9. The predicted molar refractivity (Wildman–Crippen MR) is 149 cm³/mol. The van der Waals surface area contributed by atoms with Crippen LogP contribution in [0.5, 0.6) is 5.75 Å². The molecule has 4 rings (SSSR count). The molecule has 218 valence electrons. The van der Waals surface area contributed by atoms with Crippen LogP contribution in [-0.2, 0) is 14.3 Å². The third-order valence-corrected chi connectivity index (χ3v) is 7.25. The van der Waals surface area contributed by atoms with Gasteiger partial charge in [-0.2, -0.15) is 5.26 Å². The van der Waals surface area contributed by atoms with Crippen molar-refractivity contribution in [2.45, 2.75) is 45.6 Å². The molecule has 0 aliphatic carbocycles. The zero-order valence-corrected chi connectivity index (χ0v) is 23.6. The molecule has 0 bridgehead atoms. The van der Waals surface area contributed by atoms with Gasteiger partial charge in [-0.15, -0.1) is 0 Å². The van der Waals surface area contributed by atoms with Crippen molar-refractivity contribution in [3.63, 3.8) is 0 Å². The van der Waals surface area contributed by atoms with Crippen LogP contribution in [0.3, 0.4) is 0 Å². The van der Waals surface area contributed by atoms with Gasteiger partial charge in [0.15, 0.2) is 6.61 Å². The summed E-state index contributed by atoms with van der Waals surface area (Å²) in [5.74, 6) is -0.805. The highest BCUT2D eigenvalue weighted by Gasteiger charge is 2.29. The maximum absolute atomic E-state index is 13.0. The summed E-state index contributed by atoms with van der Waals surface area (Å²) >= 11 is 0. The number of carbonyl (C=O) groups is 4. The van der Waals surface area contributed by atoms with E-state index in [9.17, 15) is 24.4 Å². The minimum absolute atomic E-state index is 0.0501. The molecule has 12 heteroatoms. The monoisotopic (exact) mass is 564 g/mol. The normalized spacial score (nSPS) is 16.8. The lowest BCUT2D eigenvalue weighted by Crippen LogP contribution is -2.52. The minimum Gasteiger partial charge on any atom is -0.483 e. The number of hydrogen-bond donors (Lipinski definition) is 1. The molecule has 2 saturated heterocycles. The van der Waals surface area contributed by atoms with E-state index in [2.05, 4.69) is 16.4 Å². The van der Waals surface area contributed by atoms with Crippen molar-refractivity contribution in [3.8, 4) is 11.8 Å². The van der Waals surface area contributed by atoms with Crippen LogP contribution in [0, 0.1) is 18.3 Å². The smallest absolute Gasteiger partial charge is 0.409 e. The van der Waals surface area contributed by atoms with Gasteiger partial charge in [0.05, 0.1) is 24.7 Å². The van der Waals surface area contributed by atoms with Crippen LogP contribution in [0.15, 0.2) is 24.3 Å². The first kappa shape index (κ1) is 29.6. The van der Waals surface area contributed by atoms with Crippen LogP contribution in [0.2, 0.25) is 0 Å². The lowest BCUT2D eigenvalue weighted by Gasteiger charge is -2.34. The number of likely N-dealkylation sites (tertiary alicyclic amines) is 1. The molecule has 1 aromatic heterocycles. The van der Waals surface area contributed by atoms with Gasteiger partial charge in [-0.3, -0.25) is 14.4 Å². The van der Waals surface area contributed by atoms with E-state index >= 15 is 0 Å². The molecular formula is C29H36N6O6. The Morgan fingerprint density at radius 2 is 1.83 bits per heavy atom. The standard InChI is InChI=1S/C29H36N6O6/c1-3-4-14-40-29(39)34-12-10-33(11-13-34)26(36)18-31-28(38)24-16-25(22-8-7-20(2)15-23(22)32-24)41-19-27(37)35-9-5-6-21(35)17-30/h7-8,15-16,21H,3-6,9-14,18-19H2,1-2H3,(H,31,38)/t21-/m0/s1. The first-order chi connectivity index (χ1) is 19.8. The Hall–Kier alpha value is -4.40. The molecule has 1 aromatic carbocycles. The number of ether oxygens (including phenoxy) is 2. The average Bonchev–Trinajstić information content (AvgIpc) is 3.47. The summed E-state index contributed by atoms with van der Waals surface area (Å²) in [6.07, 6.45) is 2.78. The number of nitrogens with one attached hydrogen (secondary N) is 1. The maximum atomic E-state index is 13.0. The largest absolute Gasteiger partial charge is 0.483 e. The zero-order valence-electron chi connectivity index (χ0n) is 23.6. The topological polar surface area (TPSA) is 145 Å². The Labute approximate surface area is 239 Å². The molecule has 2 aromatic rings. The van der Waals surface area contributed by atoms with Gasteiger partial charge in [-0.1, -0.05) is 19.4 Å². The maximum Gasteiger partial charge on any atom is 0.409 e. The van der Waals surface area contributed by atoms with E-state index in [0.717, 1.165) is 24.8 Å². The highest BCUT2D eigenvalue weighted by molar-refractivity contribution is 5.98. The second kappa shape index (κ2) is 13.8. The Bertz CT molecular complexity index is 1330. The van der Waals surface area contributed by atoms with Gasteiger partial charge in [0, 0.05) is 44.2 Å². The van der Waals surface area contributed by atoms with Crippen LogP contribution >= 0.6 is 0 Å². The highest BCUT2D eigenvalue weighted by atomic mass is 16.6. The lowest BCUT2D eigenvalue weighted by molar-refractivity contribution is -0.133. The Morgan fingerprint density at radius 1 is 1.07 bits per heavy atom. The van der Waals surface area contributed by atoms with Gasteiger partial charge in [0.2, 0.25) is 5.91 Å². The van der Waals surface area contributed by atoms with Crippen LogP contribution in [0.1, 0.15) is 48.7 Å². The molecule has 3 heterocycles. The number of benzene rings is 1. The van der Waals surface area contributed by atoms with Crippen molar-refractivity contribution in [3.05, 3.63) is 35.5 Å². The quantitative estimate of drug-likeness (QED) is 0.457. The fraction of sp³-hybridized carbons (Fsp3) is 0.517. The molecule has 2 fully saturated rings. The molecule has 0 saturated carbocycles. The van der Waals surface area contributed by atoms with E-state index in [-0.39, 0.29) is 36.8 Å². The number of pyridine rings is 1. The number of piperazine rings is 1. The number of amides is 4. The van der Waals surface area contributed by atoms with Gasteiger partial charge < -0.3 is 29.5 Å². The van der Waals surface area contributed by atoms with Gasteiger partial charge in [0.1, 0.15) is 17.5 Å². The molecule has 0 unspecified atom stereocenters. The molecule has 41 heavy (non-hydrogen) atoms. The van der Waals surface area contributed by atoms with Crippen LogP contribution < -0.4 is 10.1 Å². The Kier molecular flexibility index (Phi) is 9.95. The first-order valence-electron chi connectivity index (χ1n) is 14.0. The average molecular weight is 565 g/mol. The molecule has 1 N–H and O–H groups in total. The predicted octanol–water partition coefficient (Wildman–Crippen LogP) is 2.25. The van der Waals surface area contributed by atoms with Crippen molar-refractivity contribution in [1.82, 2.24) is 25.0 Å². The number of nitrogens with zero attached hydrogens (tertiary/aromatic N) is 5. The van der Waals surface area contributed by atoms with Crippen molar-refractivity contribution < 1.29 is 28.7 Å². The highest BCUT2D eigenvalue weighted by Crippen LogP contribution is 2.27. The summed E-state index contributed by atoms with van der Waals surface area (Å²) in [4.78, 5) is 59.8. The summed E-state index contributed by atoms with van der Waals surface area (Å²) < 4.78 is 11.1. The van der Waals surface area contributed by atoms with Crippen molar-refractivity contribution in [2.24, 2.45) is 0 Å². The molecule has 0 spiro atoms. The number of fused-ring (bicyclic) bond motifs is 1. The van der Waals surface area contributed by atoms with Gasteiger partial charge in [-0.25, -0.2) is 9.78 Å². The molecule has 4 amide bonds. The number of carbonyl (C=O) groups excluding carboxylic acids is 4. The molecule has 12 nitrogen and oxygen atoms in total. The number of hydrogen-bond acceptors (Lipinski definition) is 8. The van der Waals surface area contributed by atoms with Gasteiger partial charge in [0.25, 0.3) is 11.8 Å². The zero-order chi connectivity index (χ0) is 29.4. The fourth-order valence-corrected chi connectivity index (χ4v) is 4.86. The van der Waals surface area contributed by atoms with E-state index in [1.54, 1.807) is 9.80 Å². The third kappa shape index (κ3) is 7.42. The Balaban J connectivity index is 1.36. The summed E-state index contributed by atoms with van der Waals surface area (Å²) in [7, 11) is 0. The SMILES string of the molecule is CCCCOC(=O)N1CCN(C(=O)CNC(=O)c2cc(OCC(=O)N3CCC[C@H]3C#N)c3ccc(C)cc3n2)CC1. The lowest BCUT2D eigenvalue weighted by atomic mass is 10.1. The molecular weight excluding hydrogens is 528 g/mol. The molecule has 2 aliphatic heterocycles. The van der Waals surface area contributed by atoms with E-state index < -0.39 is 11.9 Å². The summed E-state index contributed by atoms with van der Waals surface area (Å²) in [5.41, 5.74) is 1.50. The molecule has 0 radical (unpaired) electrons. The van der Waals surface area contributed by atoms with E-state index in [1.165, 1.54) is 11.0 Å². The van der Waals surface area contributed by atoms with E-state index in [4.69, 9.17) is 9.47 Å². The Morgan fingerprint density at radius 3 is 2.56 bits per heavy atom. The van der Waals surface area contributed by atoms with Crippen molar-refractivity contribution >= 4 is 34.7 Å².